The number of imidazole rings is 1. The second kappa shape index (κ2) is 12.2. The zero-order chi connectivity index (χ0) is 28.0. The van der Waals surface area contributed by atoms with Crippen LogP contribution in [0.15, 0.2) is 53.3 Å². The van der Waals surface area contributed by atoms with E-state index in [2.05, 4.69) is 42.6 Å². The van der Waals surface area contributed by atoms with Crippen molar-refractivity contribution in [3.8, 4) is 17.6 Å². The van der Waals surface area contributed by atoms with Crippen LogP contribution in [0.3, 0.4) is 0 Å². The summed E-state index contributed by atoms with van der Waals surface area (Å²) in [7, 11) is 0. The zero-order valence-corrected chi connectivity index (χ0v) is 22.9. The number of carbonyl (C=O) groups excluding carboxylic acids is 1. The van der Waals surface area contributed by atoms with Gasteiger partial charge in [0, 0.05) is 48.4 Å². The number of fused-ring (bicyclic) bond motifs is 1. The number of urea groups is 1. The van der Waals surface area contributed by atoms with Gasteiger partial charge in [0.1, 0.15) is 11.5 Å². The number of hydrogen-bond acceptors (Lipinski definition) is 8. The van der Waals surface area contributed by atoms with Crippen LogP contribution in [0.4, 0.5) is 16.3 Å². The van der Waals surface area contributed by atoms with E-state index in [1.54, 1.807) is 35.1 Å². The molecule has 0 unspecified atom stereocenters. The van der Waals surface area contributed by atoms with Crippen molar-refractivity contribution in [1.29, 1.82) is 0 Å². The minimum absolute atomic E-state index is 0.196. The number of rotatable bonds is 7. The minimum Gasteiger partial charge on any atom is -0.490 e. The molecule has 0 saturated carbocycles. The first-order chi connectivity index (χ1) is 19.3. The third-order valence-electron chi connectivity index (χ3n) is 6.31. The molecule has 2 amide bonds. The van der Waals surface area contributed by atoms with Gasteiger partial charge in [-0.3, -0.25) is 10.2 Å². The lowest BCUT2D eigenvalue weighted by molar-refractivity contribution is 0.0358. The molecule has 2 N–H and O–H groups in total. The maximum absolute atomic E-state index is 12.3. The van der Waals surface area contributed by atoms with Gasteiger partial charge in [0.15, 0.2) is 17.2 Å². The summed E-state index contributed by atoms with van der Waals surface area (Å²) < 4.78 is 18.4. The van der Waals surface area contributed by atoms with Gasteiger partial charge in [-0.1, -0.05) is 31.8 Å². The van der Waals surface area contributed by atoms with Crippen molar-refractivity contribution in [3.05, 3.63) is 65.8 Å². The Labute approximate surface area is 232 Å². The second-order valence-corrected chi connectivity index (χ2v) is 10.5. The van der Waals surface area contributed by atoms with Crippen molar-refractivity contribution in [1.82, 2.24) is 24.7 Å². The van der Waals surface area contributed by atoms with E-state index in [1.165, 1.54) is 0 Å². The summed E-state index contributed by atoms with van der Waals surface area (Å²) in [5.41, 5.74) is 2.49. The maximum atomic E-state index is 12.3. The van der Waals surface area contributed by atoms with Gasteiger partial charge in [0.25, 0.3) is 0 Å². The van der Waals surface area contributed by atoms with Gasteiger partial charge in [0.2, 0.25) is 0 Å². The van der Waals surface area contributed by atoms with E-state index in [0.717, 1.165) is 44.8 Å². The van der Waals surface area contributed by atoms with E-state index >= 15 is 0 Å². The molecule has 3 aromatic heterocycles. The number of nitrogens with zero attached hydrogens (tertiary/aromatic N) is 5. The fourth-order valence-corrected chi connectivity index (χ4v) is 4.11. The van der Waals surface area contributed by atoms with E-state index in [4.69, 9.17) is 14.0 Å². The smallest absolute Gasteiger partial charge is 0.324 e. The first-order valence-corrected chi connectivity index (χ1v) is 13.3. The Bertz CT molecular complexity index is 1500. The van der Waals surface area contributed by atoms with Gasteiger partial charge >= 0.3 is 6.03 Å². The van der Waals surface area contributed by atoms with Crippen LogP contribution in [0.2, 0.25) is 0 Å². The lowest BCUT2D eigenvalue weighted by Crippen LogP contribution is -2.37. The van der Waals surface area contributed by atoms with E-state index < -0.39 is 6.03 Å². The lowest BCUT2D eigenvalue weighted by Gasteiger charge is -2.26. The summed E-state index contributed by atoms with van der Waals surface area (Å²) in [6, 6.07) is 10.3. The molecule has 1 aliphatic rings. The van der Waals surface area contributed by atoms with Crippen LogP contribution in [0, 0.1) is 11.8 Å². The summed E-state index contributed by atoms with van der Waals surface area (Å²) in [6.45, 7) is 11.1. The van der Waals surface area contributed by atoms with E-state index in [9.17, 15) is 4.79 Å². The molecular weight excluding hydrogens is 510 g/mol. The molecule has 11 nitrogen and oxygen atoms in total. The SMILES string of the molecule is CC(C)(C)c1cc(NC(=O)Nc2ccc(C#Cc3cnc4c(OCCCN5CCOCC5)ccnn34)cc2)no1. The summed E-state index contributed by atoms with van der Waals surface area (Å²) in [4.78, 5) is 19.2. The van der Waals surface area contributed by atoms with Gasteiger partial charge in [0.05, 0.1) is 32.2 Å². The molecule has 4 heterocycles. The molecule has 0 bridgehead atoms. The normalized spacial score (nSPS) is 14.0. The molecular formula is C29H33N7O4. The Morgan fingerprint density at radius 1 is 1.10 bits per heavy atom. The molecule has 40 heavy (non-hydrogen) atoms. The molecule has 0 radical (unpaired) electrons. The highest BCUT2D eigenvalue weighted by Crippen LogP contribution is 2.24. The predicted molar refractivity (Wildman–Crippen MR) is 151 cm³/mol. The third-order valence-corrected chi connectivity index (χ3v) is 6.31. The van der Waals surface area contributed by atoms with Crippen molar-refractivity contribution >= 4 is 23.2 Å². The standard InChI is InChI=1S/C29H33N7O4/c1-29(2,3)25-19-26(34-40-25)33-28(37)32-22-8-5-21(6-9-22)7-10-23-20-30-27-24(11-12-31-36(23)27)39-16-4-13-35-14-17-38-18-15-35/h5-6,8-9,11-12,19-20H,4,13-18H2,1-3H3,(H2,32,33,34,37). The fraction of sp³-hybridized carbons (Fsp3) is 0.379. The Balaban J connectivity index is 1.16. The number of aromatic nitrogens is 4. The number of anilines is 2. The van der Waals surface area contributed by atoms with E-state index in [1.807, 2.05) is 39.0 Å². The van der Waals surface area contributed by atoms with Crippen LogP contribution >= 0.6 is 0 Å². The van der Waals surface area contributed by atoms with Crippen LogP contribution in [-0.4, -0.2) is 70.1 Å². The number of amides is 2. The summed E-state index contributed by atoms with van der Waals surface area (Å²) in [6.07, 6.45) is 4.30. The highest BCUT2D eigenvalue weighted by atomic mass is 16.5. The Morgan fingerprint density at radius 2 is 1.90 bits per heavy atom. The monoisotopic (exact) mass is 543 g/mol. The topological polar surface area (TPSA) is 119 Å². The second-order valence-electron chi connectivity index (χ2n) is 10.5. The fourth-order valence-electron chi connectivity index (χ4n) is 4.11. The number of benzene rings is 1. The molecule has 1 aliphatic heterocycles. The molecule has 0 aliphatic carbocycles. The van der Waals surface area contributed by atoms with Gasteiger partial charge in [-0.15, -0.1) is 0 Å². The summed E-state index contributed by atoms with van der Waals surface area (Å²) in [5.74, 6) is 7.97. The van der Waals surface area contributed by atoms with E-state index in [-0.39, 0.29) is 5.41 Å². The maximum Gasteiger partial charge on any atom is 0.324 e. The summed E-state index contributed by atoms with van der Waals surface area (Å²) in [5, 5.41) is 13.8. The molecule has 208 valence electrons. The van der Waals surface area contributed by atoms with Crippen LogP contribution in [0.5, 0.6) is 5.75 Å². The van der Waals surface area contributed by atoms with Crippen LogP contribution in [0.25, 0.3) is 5.65 Å². The number of ether oxygens (including phenoxy) is 2. The third kappa shape index (κ3) is 6.97. The van der Waals surface area contributed by atoms with Gasteiger partial charge in [-0.2, -0.15) is 5.10 Å². The highest BCUT2D eigenvalue weighted by molar-refractivity contribution is 5.99. The molecule has 0 atom stereocenters. The Hall–Kier alpha value is -4.40. The van der Waals surface area contributed by atoms with E-state index in [0.29, 0.717) is 41.0 Å². The minimum atomic E-state index is -0.413. The summed E-state index contributed by atoms with van der Waals surface area (Å²) >= 11 is 0. The number of nitrogens with one attached hydrogen (secondary N) is 2. The molecule has 1 aromatic carbocycles. The average molecular weight is 544 g/mol. The number of morpholine rings is 1. The first-order valence-electron chi connectivity index (χ1n) is 13.3. The van der Waals surface area contributed by atoms with Gasteiger partial charge in [-0.25, -0.2) is 14.3 Å². The van der Waals surface area contributed by atoms with Crippen LogP contribution in [0.1, 0.15) is 44.2 Å². The van der Waals surface area contributed by atoms with Crippen LogP contribution < -0.4 is 15.4 Å². The van der Waals surface area contributed by atoms with Crippen molar-refractivity contribution in [2.45, 2.75) is 32.6 Å². The molecule has 11 heteroatoms. The molecule has 4 aromatic rings. The molecule has 0 spiro atoms. The number of carbonyl (C=O) groups is 1. The van der Waals surface area contributed by atoms with Crippen molar-refractivity contribution < 1.29 is 18.8 Å². The van der Waals surface area contributed by atoms with Crippen LogP contribution in [-0.2, 0) is 10.2 Å². The Morgan fingerprint density at radius 3 is 2.65 bits per heavy atom. The molecule has 5 rings (SSSR count). The molecule has 1 saturated heterocycles. The van der Waals surface area contributed by atoms with Gasteiger partial charge < -0.3 is 19.3 Å². The largest absolute Gasteiger partial charge is 0.490 e. The zero-order valence-electron chi connectivity index (χ0n) is 22.9. The van der Waals surface area contributed by atoms with Crippen molar-refractivity contribution in [2.24, 2.45) is 0 Å². The van der Waals surface area contributed by atoms with Crippen molar-refractivity contribution in [2.75, 3.05) is 50.1 Å². The van der Waals surface area contributed by atoms with Gasteiger partial charge in [-0.05, 0) is 36.6 Å². The van der Waals surface area contributed by atoms with Crippen molar-refractivity contribution in [3.63, 3.8) is 0 Å². The molecule has 1 fully saturated rings. The number of hydrogen-bond donors (Lipinski definition) is 2. The Kier molecular flexibility index (Phi) is 8.28. The highest BCUT2D eigenvalue weighted by Gasteiger charge is 2.20. The lowest BCUT2D eigenvalue weighted by atomic mass is 9.93. The quantitative estimate of drug-likeness (QED) is 0.264. The first kappa shape index (κ1) is 27.2. The average Bonchev–Trinajstić information content (AvgIpc) is 3.59. The predicted octanol–water partition coefficient (Wildman–Crippen LogP) is 4.16.